The highest BCUT2D eigenvalue weighted by Crippen LogP contribution is 2.38. The summed E-state index contributed by atoms with van der Waals surface area (Å²) >= 11 is 1.04. The van der Waals surface area contributed by atoms with Crippen LogP contribution in [0, 0.1) is 13.8 Å². The summed E-state index contributed by atoms with van der Waals surface area (Å²) < 4.78 is 28.5. The number of aryl methyl sites for hydroxylation is 2. The largest absolute Gasteiger partial charge is 0.493 e. The zero-order valence-corrected chi connectivity index (χ0v) is 13.9. The fraction of sp³-hybridized carbons (Fsp3) is 0.357. The first-order valence-electron chi connectivity index (χ1n) is 6.83. The highest BCUT2D eigenvalue weighted by atomic mass is 32.2. The molecule has 8 heteroatoms. The van der Waals surface area contributed by atoms with Crippen molar-refractivity contribution >= 4 is 26.5 Å². The molecule has 6 nitrogen and oxygen atoms in total. The van der Waals surface area contributed by atoms with E-state index in [1.54, 1.807) is 0 Å². The van der Waals surface area contributed by atoms with E-state index in [2.05, 4.69) is 22.4 Å². The summed E-state index contributed by atoms with van der Waals surface area (Å²) in [5, 5.41) is 8.95. The molecule has 0 spiro atoms. The number of thiazole rings is 1. The fourth-order valence-electron chi connectivity index (χ4n) is 2.63. The molecule has 0 radical (unpaired) electrons. The molecule has 2 heterocycles. The lowest BCUT2D eigenvalue weighted by Gasteiger charge is -2.28. The van der Waals surface area contributed by atoms with Crippen LogP contribution in [0.1, 0.15) is 29.2 Å². The van der Waals surface area contributed by atoms with Crippen LogP contribution in [-0.4, -0.2) is 20.0 Å². The number of benzene rings is 1. The summed E-state index contributed by atoms with van der Waals surface area (Å²) in [5.41, 5.74) is 3.35. The molecule has 3 rings (SSSR count). The van der Waals surface area contributed by atoms with E-state index in [9.17, 15) is 8.42 Å². The van der Waals surface area contributed by atoms with E-state index in [1.165, 1.54) is 6.20 Å². The number of primary sulfonamides is 1. The predicted molar refractivity (Wildman–Crippen MR) is 85.9 cm³/mol. The summed E-state index contributed by atoms with van der Waals surface area (Å²) in [6.07, 6.45) is 2.07. The maximum Gasteiger partial charge on any atom is 0.249 e. The van der Waals surface area contributed by atoms with Gasteiger partial charge in [-0.1, -0.05) is 29.0 Å². The van der Waals surface area contributed by atoms with Crippen LogP contribution in [-0.2, 0) is 10.0 Å². The van der Waals surface area contributed by atoms with Gasteiger partial charge in [-0.3, -0.25) is 0 Å². The van der Waals surface area contributed by atoms with Gasteiger partial charge in [0.25, 0.3) is 0 Å². The number of fused-ring (bicyclic) bond motifs is 1. The molecule has 22 heavy (non-hydrogen) atoms. The van der Waals surface area contributed by atoms with E-state index in [0.29, 0.717) is 11.7 Å². The lowest BCUT2D eigenvalue weighted by atomic mass is 9.96. The van der Waals surface area contributed by atoms with E-state index in [4.69, 9.17) is 9.88 Å². The van der Waals surface area contributed by atoms with Crippen LogP contribution in [0.25, 0.3) is 0 Å². The molecule has 1 aliphatic rings. The van der Waals surface area contributed by atoms with Gasteiger partial charge >= 0.3 is 0 Å². The Morgan fingerprint density at radius 2 is 2.18 bits per heavy atom. The molecule has 1 aromatic heterocycles. The van der Waals surface area contributed by atoms with Crippen molar-refractivity contribution < 1.29 is 13.2 Å². The Bertz CT molecular complexity index is 815. The quantitative estimate of drug-likeness (QED) is 0.895. The van der Waals surface area contributed by atoms with E-state index in [-0.39, 0.29) is 10.3 Å². The highest BCUT2D eigenvalue weighted by molar-refractivity contribution is 7.91. The number of anilines is 1. The molecule has 0 bridgehead atoms. The predicted octanol–water partition coefficient (Wildman–Crippen LogP) is 2.34. The van der Waals surface area contributed by atoms with Crippen molar-refractivity contribution in [2.75, 3.05) is 11.9 Å². The first-order valence-corrected chi connectivity index (χ1v) is 9.20. The number of hydrogen-bond acceptors (Lipinski definition) is 6. The Morgan fingerprint density at radius 1 is 1.41 bits per heavy atom. The monoisotopic (exact) mass is 339 g/mol. The highest BCUT2D eigenvalue weighted by Gasteiger charge is 2.24. The minimum atomic E-state index is -3.71. The van der Waals surface area contributed by atoms with Crippen molar-refractivity contribution in [2.45, 2.75) is 30.5 Å². The van der Waals surface area contributed by atoms with Crippen molar-refractivity contribution in [3.8, 4) is 5.75 Å². The summed E-state index contributed by atoms with van der Waals surface area (Å²) in [4.78, 5) is 4.10. The molecule has 0 saturated heterocycles. The van der Waals surface area contributed by atoms with Crippen LogP contribution in [0.4, 0.5) is 5.13 Å². The summed E-state index contributed by atoms with van der Waals surface area (Å²) in [6.45, 7) is 4.68. The molecule has 0 fully saturated rings. The Morgan fingerprint density at radius 3 is 2.86 bits per heavy atom. The van der Waals surface area contributed by atoms with Crippen molar-refractivity contribution in [3.05, 3.63) is 35.0 Å². The van der Waals surface area contributed by atoms with Crippen LogP contribution < -0.4 is 15.2 Å². The third kappa shape index (κ3) is 2.94. The van der Waals surface area contributed by atoms with Gasteiger partial charge < -0.3 is 10.1 Å². The van der Waals surface area contributed by atoms with Crippen molar-refractivity contribution in [2.24, 2.45) is 5.14 Å². The zero-order valence-electron chi connectivity index (χ0n) is 12.3. The molecule has 118 valence electrons. The number of hydrogen-bond donors (Lipinski definition) is 2. The molecular formula is C14H17N3O3S2. The summed E-state index contributed by atoms with van der Waals surface area (Å²) in [6, 6.07) is 4.22. The molecule has 2 aromatic rings. The third-order valence-electron chi connectivity index (χ3n) is 3.54. The molecule has 0 saturated carbocycles. The maximum atomic E-state index is 11.3. The van der Waals surface area contributed by atoms with Crippen molar-refractivity contribution in [1.82, 2.24) is 4.98 Å². The topological polar surface area (TPSA) is 94.3 Å². The average molecular weight is 339 g/mol. The second kappa shape index (κ2) is 5.53. The third-order valence-corrected chi connectivity index (χ3v) is 5.88. The van der Waals surface area contributed by atoms with Gasteiger partial charge in [0, 0.05) is 12.0 Å². The van der Waals surface area contributed by atoms with Gasteiger partial charge in [0.05, 0.1) is 18.8 Å². The Labute approximate surface area is 133 Å². The van der Waals surface area contributed by atoms with Crippen LogP contribution >= 0.6 is 11.3 Å². The van der Waals surface area contributed by atoms with E-state index in [0.717, 1.165) is 40.2 Å². The number of sulfonamides is 1. The van der Waals surface area contributed by atoms with Crippen molar-refractivity contribution in [3.63, 3.8) is 0 Å². The molecular weight excluding hydrogens is 322 g/mol. The number of ether oxygens (including phenoxy) is 1. The Hall–Kier alpha value is -1.64. The van der Waals surface area contributed by atoms with Gasteiger partial charge in [-0.25, -0.2) is 18.5 Å². The van der Waals surface area contributed by atoms with Crippen LogP contribution in [0.3, 0.4) is 0 Å². The normalized spacial score (nSPS) is 17.7. The van der Waals surface area contributed by atoms with Crippen LogP contribution in [0.2, 0.25) is 0 Å². The second-order valence-electron chi connectivity index (χ2n) is 5.36. The lowest BCUT2D eigenvalue weighted by molar-refractivity contribution is 0.272. The van der Waals surface area contributed by atoms with Gasteiger partial charge in [-0.15, -0.1) is 0 Å². The molecule has 1 aliphatic heterocycles. The van der Waals surface area contributed by atoms with E-state index >= 15 is 0 Å². The number of nitrogens with one attached hydrogen (secondary N) is 1. The SMILES string of the molecule is Cc1cc(C)c2c(c1)[C@@H](Nc1ncc(S(N)(=O)=O)s1)CCO2. The van der Waals surface area contributed by atoms with Crippen LogP contribution in [0.15, 0.2) is 22.5 Å². The molecule has 0 amide bonds. The second-order valence-corrected chi connectivity index (χ2v) is 8.18. The maximum absolute atomic E-state index is 11.3. The number of aromatic nitrogens is 1. The molecule has 3 N–H and O–H groups in total. The van der Waals surface area contributed by atoms with Gasteiger partial charge in [-0.2, -0.15) is 0 Å². The van der Waals surface area contributed by atoms with Gasteiger partial charge in [0.1, 0.15) is 5.75 Å². The minimum absolute atomic E-state index is 0.0434. The number of nitrogens with zero attached hydrogens (tertiary/aromatic N) is 1. The minimum Gasteiger partial charge on any atom is -0.493 e. The average Bonchev–Trinajstić information content (AvgIpc) is 2.88. The zero-order chi connectivity index (χ0) is 15.9. The summed E-state index contributed by atoms with van der Waals surface area (Å²) in [7, 11) is -3.71. The number of nitrogens with two attached hydrogens (primary N) is 1. The first kappa shape index (κ1) is 15.3. The molecule has 1 aromatic carbocycles. The Kier molecular flexibility index (Phi) is 3.84. The summed E-state index contributed by atoms with van der Waals surface area (Å²) in [5.74, 6) is 0.901. The van der Waals surface area contributed by atoms with Gasteiger partial charge in [0.15, 0.2) is 9.34 Å². The standard InChI is InChI=1S/C14H17N3O3S2/c1-8-5-9(2)13-10(6-8)11(3-4-20-13)17-14-16-7-12(21-14)22(15,18)19/h5-7,11H,3-4H2,1-2H3,(H,16,17)(H2,15,18,19)/t11-/m0/s1. The smallest absolute Gasteiger partial charge is 0.249 e. The fourth-order valence-corrected chi connectivity index (χ4v) is 4.14. The lowest BCUT2D eigenvalue weighted by Crippen LogP contribution is -2.21. The van der Waals surface area contributed by atoms with Gasteiger partial charge in [-0.05, 0) is 19.4 Å². The molecule has 0 unspecified atom stereocenters. The molecule has 0 aliphatic carbocycles. The van der Waals surface area contributed by atoms with Crippen molar-refractivity contribution in [1.29, 1.82) is 0 Å². The first-order chi connectivity index (χ1) is 10.3. The van der Waals surface area contributed by atoms with Crippen LogP contribution in [0.5, 0.6) is 5.75 Å². The van der Waals surface area contributed by atoms with E-state index in [1.807, 2.05) is 13.8 Å². The molecule has 1 atom stereocenters. The van der Waals surface area contributed by atoms with Gasteiger partial charge in [0.2, 0.25) is 10.0 Å². The Balaban J connectivity index is 1.91. The van der Waals surface area contributed by atoms with E-state index < -0.39 is 10.0 Å². The number of rotatable bonds is 3.